The number of nitrogens with one attached hydrogen (secondary N) is 1. The standard InChI is InChI=1S/C19H25N3O2/c1-14-2-3-17-15(11-19(23)24-18(17)10-14)12-21-7-4-16(13-21)22-8-5-20-6-9-22/h2-3,10-11,16,20H,4-9,12-13H2,1H3. The molecule has 0 spiro atoms. The van der Waals surface area contributed by atoms with E-state index in [1.807, 2.05) is 13.0 Å². The molecule has 1 N–H and O–H groups in total. The Morgan fingerprint density at radius 2 is 2.04 bits per heavy atom. The summed E-state index contributed by atoms with van der Waals surface area (Å²) in [5.74, 6) is 0. The first kappa shape index (κ1) is 15.8. The van der Waals surface area contributed by atoms with Crippen molar-refractivity contribution in [1.29, 1.82) is 0 Å². The quantitative estimate of drug-likeness (QED) is 0.868. The van der Waals surface area contributed by atoms with E-state index < -0.39 is 0 Å². The molecule has 2 aromatic rings. The molecule has 0 saturated carbocycles. The van der Waals surface area contributed by atoms with Gasteiger partial charge in [0.2, 0.25) is 0 Å². The Morgan fingerprint density at radius 3 is 2.88 bits per heavy atom. The van der Waals surface area contributed by atoms with E-state index in [1.165, 1.54) is 6.42 Å². The van der Waals surface area contributed by atoms with Crippen molar-refractivity contribution in [2.45, 2.75) is 25.9 Å². The number of aryl methyl sites for hydroxylation is 1. The van der Waals surface area contributed by atoms with Crippen LogP contribution in [0.25, 0.3) is 11.0 Å². The number of likely N-dealkylation sites (tertiary alicyclic amines) is 1. The van der Waals surface area contributed by atoms with Crippen LogP contribution in [0.3, 0.4) is 0 Å². The van der Waals surface area contributed by atoms with E-state index in [2.05, 4.69) is 27.2 Å². The second kappa shape index (κ2) is 6.67. The van der Waals surface area contributed by atoms with Gasteiger partial charge in [-0.3, -0.25) is 9.80 Å². The smallest absolute Gasteiger partial charge is 0.336 e. The summed E-state index contributed by atoms with van der Waals surface area (Å²) in [6.07, 6.45) is 1.22. The van der Waals surface area contributed by atoms with Crippen molar-refractivity contribution in [2.24, 2.45) is 0 Å². The van der Waals surface area contributed by atoms with Crippen LogP contribution in [0.2, 0.25) is 0 Å². The molecule has 0 amide bonds. The van der Waals surface area contributed by atoms with Gasteiger partial charge in [-0.2, -0.15) is 0 Å². The van der Waals surface area contributed by atoms with Crippen LogP contribution in [0, 0.1) is 6.92 Å². The Hall–Kier alpha value is -1.69. The van der Waals surface area contributed by atoms with Crippen LogP contribution in [0.4, 0.5) is 0 Å². The Morgan fingerprint density at radius 1 is 1.21 bits per heavy atom. The molecule has 2 fully saturated rings. The first-order valence-corrected chi connectivity index (χ1v) is 8.89. The molecule has 1 aromatic heterocycles. The van der Waals surface area contributed by atoms with Gasteiger partial charge < -0.3 is 9.73 Å². The second-order valence-electron chi connectivity index (χ2n) is 7.05. The van der Waals surface area contributed by atoms with Gasteiger partial charge >= 0.3 is 5.63 Å². The molecule has 128 valence electrons. The number of hydrogen-bond acceptors (Lipinski definition) is 5. The van der Waals surface area contributed by atoms with Crippen molar-refractivity contribution in [3.63, 3.8) is 0 Å². The minimum Gasteiger partial charge on any atom is -0.423 e. The fourth-order valence-corrected chi connectivity index (χ4v) is 4.01. The third kappa shape index (κ3) is 3.24. The first-order chi connectivity index (χ1) is 11.7. The first-order valence-electron chi connectivity index (χ1n) is 8.89. The second-order valence-corrected chi connectivity index (χ2v) is 7.05. The van der Waals surface area contributed by atoms with Gasteiger partial charge in [0.25, 0.3) is 0 Å². The Labute approximate surface area is 142 Å². The molecular weight excluding hydrogens is 302 g/mol. The molecule has 24 heavy (non-hydrogen) atoms. The van der Waals surface area contributed by atoms with Crippen LogP contribution >= 0.6 is 0 Å². The van der Waals surface area contributed by atoms with E-state index in [0.717, 1.165) is 62.3 Å². The normalized spacial score (nSPS) is 23.1. The van der Waals surface area contributed by atoms with Crippen molar-refractivity contribution in [3.8, 4) is 0 Å². The highest BCUT2D eigenvalue weighted by atomic mass is 16.4. The minimum absolute atomic E-state index is 0.249. The van der Waals surface area contributed by atoms with Gasteiger partial charge in [-0.1, -0.05) is 12.1 Å². The van der Waals surface area contributed by atoms with Gasteiger partial charge in [0.05, 0.1) is 0 Å². The van der Waals surface area contributed by atoms with Crippen molar-refractivity contribution in [1.82, 2.24) is 15.1 Å². The number of hydrogen-bond donors (Lipinski definition) is 1. The average molecular weight is 327 g/mol. The van der Waals surface area contributed by atoms with Gasteiger partial charge in [-0.25, -0.2) is 4.79 Å². The molecule has 4 rings (SSSR count). The lowest BCUT2D eigenvalue weighted by molar-refractivity contribution is 0.170. The zero-order chi connectivity index (χ0) is 16.5. The number of piperazine rings is 1. The molecule has 0 radical (unpaired) electrons. The van der Waals surface area contributed by atoms with Gasteiger partial charge in [-0.05, 0) is 30.5 Å². The van der Waals surface area contributed by atoms with Crippen molar-refractivity contribution in [3.05, 3.63) is 45.8 Å². The predicted molar refractivity (Wildman–Crippen MR) is 95.3 cm³/mol. The fraction of sp³-hybridized carbons (Fsp3) is 0.526. The summed E-state index contributed by atoms with van der Waals surface area (Å²) in [6, 6.07) is 8.43. The number of rotatable bonds is 3. The summed E-state index contributed by atoms with van der Waals surface area (Å²) < 4.78 is 5.37. The van der Waals surface area contributed by atoms with Gasteiger partial charge in [-0.15, -0.1) is 0 Å². The molecule has 2 aliphatic rings. The third-order valence-corrected chi connectivity index (χ3v) is 5.30. The summed E-state index contributed by atoms with van der Waals surface area (Å²) >= 11 is 0. The SMILES string of the molecule is Cc1ccc2c(CN3CCC(N4CCNCC4)C3)cc(=O)oc2c1. The number of benzene rings is 1. The average Bonchev–Trinajstić information content (AvgIpc) is 3.03. The van der Waals surface area contributed by atoms with E-state index in [0.29, 0.717) is 11.6 Å². The summed E-state index contributed by atoms with van der Waals surface area (Å²) in [5, 5.41) is 4.48. The maximum Gasteiger partial charge on any atom is 0.336 e. The largest absolute Gasteiger partial charge is 0.423 e. The van der Waals surface area contributed by atoms with Crippen LogP contribution in [0.5, 0.6) is 0 Å². The third-order valence-electron chi connectivity index (χ3n) is 5.30. The van der Waals surface area contributed by atoms with E-state index in [-0.39, 0.29) is 5.63 Å². The van der Waals surface area contributed by atoms with E-state index in [1.54, 1.807) is 6.07 Å². The van der Waals surface area contributed by atoms with Gasteiger partial charge in [0.15, 0.2) is 0 Å². The van der Waals surface area contributed by atoms with Gasteiger partial charge in [0.1, 0.15) is 5.58 Å². The Balaban J connectivity index is 1.51. The van der Waals surface area contributed by atoms with Crippen LogP contribution in [0.1, 0.15) is 17.5 Å². The Bertz CT molecular complexity index is 780. The van der Waals surface area contributed by atoms with E-state index in [9.17, 15) is 4.79 Å². The number of nitrogens with zero attached hydrogens (tertiary/aromatic N) is 2. The monoisotopic (exact) mass is 327 g/mol. The van der Waals surface area contributed by atoms with Crippen LogP contribution in [0.15, 0.2) is 33.5 Å². The molecule has 2 aliphatic heterocycles. The maximum absolute atomic E-state index is 11.9. The highest BCUT2D eigenvalue weighted by Gasteiger charge is 2.28. The molecule has 3 heterocycles. The minimum atomic E-state index is -0.249. The lowest BCUT2D eigenvalue weighted by Gasteiger charge is -2.32. The van der Waals surface area contributed by atoms with Crippen molar-refractivity contribution < 1.29 is 4.42 Å². The molecule has 5 heteroatoms. The molecule has 1 unspecified atom stereocenters. The lowest BCUT2D eigenvalue weighted by Crippen LogP contribution is -2.49. The summed E-state index contributed by atoms with van der Waals surface area (Å²) in [5.41, 5.74) is 2.65. The predicted octanol–water partition coefficient (Wildman–Crippen LogP) is 1.58. The zero-order valence-electron chi connectivity index (χ0n) is 14.3. The van der Waals surface area contributed by atoms with E-state index >= 15 is 0 Å². The van der Waals surface area contributed by atoms with Crippen LogP contribution < -0.4 is 10.9 Å². The highest BCUT2D eigenvalue weighted by molar-refractivity contribution is 5.80. The summed E-state index contributed by atoms with van der Waals surface area (Å²) in [7, 11) is 0. The van der Waals surface area contributed by atoms with Crippen molar-refractivity contribution in [2.75, 3.05) is 39.3 Å². The molecule has 1 atom stereocenters. The summed E-state index contributed by atoms with van der Waals surface area (Å²) in [6.45, 7) is 9.53. The lowest BCUT2D eigenvalue weighted by atomic mass is 10.1. The number of fused-ring (bicyclic) bond motifs is 1. The van der Waals surface area contributed by atoms with Crippen molar-refractivity contribution >= 4 is 11.0 Å². The van der Waals surface area contributed by atoms with E-state index in [4.69, 9.17) is 4.42 Å². The molecule has 5 nitrogen and oxygen atoms in total. The van der Waals surface area contributed by atoms with Crippen LogP contribution in [-0.4, -0.2) is 55.1 Å². The zero-order valence-corrected chi connectivity index (χ0v) is 14.3. The van der Waals surface area contributed by atoms with Crippen LogP contribution in [-0.2, 0) is 6.54 Å². The molecule has 0 bridgehead atoms. The molecular formula is C19H25N3O2. The summed E-state index contributed by atoms with van der Waals surface area (Å²) in [4.78, 5) is 17.0. The topological polar surface area (TPSA) is 48.7 Å². The molecule has 0 aliphatic carbocycles. The van der Waals surface area contributed by atoms with Gasteiger partial charge in [0, 0.05) is 63.3 Å². The fourth-order valence-electron chi connectivity index (χ4n) is 4.01. The molecule has 2 saturated heterocycles. The maximum atomic E-state index is 11.9. The Kier molecular flexibility index (Phi) is 4.39. The molecule has 1 aromatic carbocycles. The highest BCUT2D eigenvalue weighted by Crippen LogP contribution is 2.23.